The second-order valence-electron chi connectivity index (χ2n) is 6.48. The first kappa shape index (κ1) is 18.3. The molecule has 1 fully saturated rings. The van der Waals surface area contributed by atoms with Crippen LogP contribution in [0.1, 0.15) is 25.5 Å². The highest BCUT2D eigenvalue weighted by Crippen LogP contribution is 2.21. The molecule has 1 aliphatic rings. The minimum absolute atomic E-state index is 0.131. The van der Waals surface area contributed by atoms with Crippen LogP contribution in [0.3, 0.4) is 0 Å². The number of aryl methyl sites for hydroxylation is 1. The lowest BCUT2D eigenvalue weighted by Crippen LogP contribution is -2.44. The third-order valence-corrected chi connectivity index (χ3v) is 4.64. The van der Waals surface area contributed by atoms with E-state index >= 15 is 0 Å². The highest BCUT2D eigenvalue weighted by Gasteiger charge is 2.26. The first-order valence-corrected chi connectivity index (χ1v) is 8.91. The van der Waals surface area contributed by atoms with Gasteiger partial charge in [0.15, 0.2) is 0 Å². The Labute approximate surface area is 152 Å². The van der Waals surface area contributed by atoms with Gasteiger partial charge in [0.25, 0.3) is 5.56 Å². The van der Waals surface area contributed by atoms with Gasteiger partial charge >= 0.3 is 0 Å². The number of rotatable bonds is 5. The number of carbonyl (C=O) groups excluding carboxylic acids is 1. The monoisotopic (exact) mass is 356 g/mol. The van der Waals surface area contributed by atoms with Crippen molar-refractivity contribution in [2.45, 2.75) is 32.2 Å². The predicted octanol–water partition coefficient (Wildman–Crippen LogP) is 1.69. The van der Waals surface area contributed by atoms with Crippen LogP contribution in [0.5, 0.6) is 0 Å². The summed E-state index contributed by atoms with van der Waals surface area (Å²) in [5.74, 6) is 0.406. The maximum absolute atomic E-state index is 12.5. The van der Waals surface area contributed by atoms with Gasteiger partial charge in [-0.3, -0.25) is 9.59 Å². The van der Waals surface area contributed by atoms with Crippen LogP contribution < -0.4 is 16.6 Å². The smallest absolute Gasteiger partial charge is 0.251 e. The van der Waals surface area contributed by atoms with Crippen LogP contribution in [-0.2, 0) is 16.0 Å². The number of hydrogen-bond donors (Lipinski definition) is 3. The number of benzene rings is 1. The van der Waals surface area contributed by atoms with E-state index in [1.165, 1.54) is 6.07 Å². The third kappa shape index (κ3) is 4.36. The van der Waals surface area contributed by atoms with Crippen molar-refractivity contribution in [3.63, 3.8) is 0 Å². The van der Waals surface area contributed by atoms with E-state index in [4.69, 9.17) is 10.5 Å². The number of aromatic nitrogens is 2. The zero-order valence-electron chi connectivity index (χ0n) is 14.8. The Hall–Kier alpha value is -2.51. The van der Waals surface area contributed by atoms with Crippen molar-refractivity contribution in [1.82, 2.24) is 9.97 Å². The molecule has 138 valence electrons. The van der Waals surface area contributed by atoms with E-state index in [0.717, 1.165) is 24.1 Å². The first-order chi connectivity index (χ1) is 12.6. The van der Waals surface area contributed by atoms with Crippen molar-refractivity contribution in [2.75, 3.05) is 18.5 Å². The van der Waals surface area contributed by atoms with Crippen LogP contribution in [0.15, 0.2) is 35.1 Å². The van der Waals surface area contributed by atoms with Crippen molar-refractivity contribution >= 4 is 11.6 Å². The number of aromatic amines is 1. The van der Waals surface area contributed by atoms with Gasteiger partial charge in [-0.05, 0) is 37.3 Å². The molecule has 4 N–H and O–H groups in total. The summed E-state index contributed by atoms with van der Waals surface area (Å²) in [6.45, 7) is 3.24. The normalized spacial score (nSPS) is 16.2. The molecule has 1 aromatic heterocycles. The lowest BCUT2D eigenvalue weighted by atomic mass is 9.92. The number of nitrogens with one attached hydrogen (secondary N) is 2. The number of H-pyrrole nitrogens is 1. The molecule has 0 bridgehead atoms. The van der Waals surface area contributed by atoms with Crippen molar-refractivity contribution in [2.24, 2.45) is 11.7 Å². The fraction of sp³-hybridized carbons (Fsp3) is 0.421. The maximum Gasteiger partial charge on any atom is 0.251 e. The molecule has 7 nitrogen and oxygen atoms in total. The summed E-state index contributed by atoms with van der Waals surface area (Å²) in [4.78, 5) is 31.4. The van der Waals surface area contributed by atoms with Gasteiger partial charge in [0.1, 0.15) is 5.82 Å². The van der Waals surface area contributed by atoms with Crippen LogP contribution in [0.4, 0.5) is 5.69 Å². The van der Waals surface area contributed by atoms with Crippen LogP contribution in [0, 0.1) is 5.92 Å². The maximum atomic E-state index is 12.5. The molecule has 0 saturated carbocycles. The fourth-order valence-corrected chi connectivity index (χ4v) is 3.08. The Morgan fingerprint density at radius 3 is 2.88 bits per heavy atom. The average molecular weight is 356 g/mol. The second kappa shape index (κ2) is 8.25. The molecule has 0 aliphatic carbocycles. The molecule has 0 radical (unpaired) electrons. The zero-order chi connectivity index (χ0) is 18.5. The summed E-state index contributed by atoms with van der Waals surface area (Å²) in [5, 5.41) is 2.87. The van der Waals surface area contributed by atoms with Gasteiger partial charge in [-0.1, -0.05) is 19.1 Å². The summed E-state index contributed by atoms with van der Waals surface area (Å²) in [6, 6.07) is 8.15. The molecule has 2 aromatic rings. The summed E-state index contributed by atoms with van der Waals surface area (Å²) < 4.78 is 5.32. The minimum atomic E-state index is -0.566. The Balaban J connectivity index is 1.76. The van der Waals surface area contributed by atoms with Crippen molar-refractivity contribution in [3.05, 3.63) is 46.4 Å². The molecular formula is C19H24N4O3. The van der Waals surface area contributed by atoms with Crippen molar-refractivity contribution in [1.29, 1.82) is 0 Å². The summed E-state index contributed by atoms with van der Waals surface area (Å²) in [7, 11) is 0. The molecular weight excluding hydrogens is 332 g/mol. The van der Waals surface area contributed by atoms with Crippen LogP contribution >= 0.6 is 0 Å². The molecule has 1 amide bonds. The van der Waals surface area contributed by atoms with Crippen LogP contribution in [0.2, 0.25) is 0 Å². The standard InChI is InChI=1S/C19H24N4O3/c1-2-14-11-16(24)23-18(21-14)13-4-3-5-15(10-13)22-19(25)17(20)12-6-8-26-9-7-12/h3-5,10-12,17H,2,6-9,20H2,1H3,(H,22,25)(H,21,23,24). The number of carbonyl (C=O) groups is 1. The summed E-state index contributed by atoms with van der Waals surface area (Å²) >= 11 is 0. The molecule has 1 saturated heterocycles. The number of nitrogens with two attached hydrogens (primary N) is 1. The Kier molecular flexibility index (Phi) is 5.80. The van der Waals surface area contributed by atoms with E-state index in [-0.39, 0.29) is 17.4 Å². The molecule has 1 unspecified atom stereocenters. The quantitative estimate of drug-likeness (QED) is 0.755. The number of ether oxygens (including phenoxy) is 1. The molecule has 2 heterocycles. The molecule has 1 aromatic carbocycles. The molecule has 3 rings (SSSR count). The predicted molar refractivity (Wildman–Crippen MR) is 99.8 cm³/mol. The lowest BCUT2D eigenvalue weighted by molar-refractivity contribution is -0.119. The highest BCUT2D eigenvalue weighted by molar-refractivity contribution is 5.95. The summed E-state index contributed by atoms with van der Waals surface area (Å²) in [5.41, 5.74) is 8.01. The van der Waals surface area contributed by atoms with E-state index in [1.807, 2.05) is 19.1 Å². The van der Waals surface area contributed by atoms with Gasteiger partial charge in [-0.2, -0.15) is 0 Å². The average Bonchev–Trinajstić information content (AvgIpc) is 2.67. The number of anilines is 1. The number of amides is 1. The van der Waals surface area contributed by atoms with Gasteiger partial charge < -0.3 is 20.8 Å². The third-order valence-electron chi connectivity index (χ3n) is 4.64. The lowest BCUT2D eigenvalue weighted by Gasteiger charge is -2.26. The topological polar surface area (TPSA) is 110 Å². The Bertz CT molecular complexity index is 828. The SMILES string of the molecule is CCc1cc(=O)[nH]c(-c2cccc(NC(=O)C(N)C3CCOCC3)c2)n1. The van der Waals surface area contributed by atoms with Gasteiger partial charge in [0.05, 0.1) is 6.04 Å². The highest BCUT2D eigenvalue weighted by atomic mass is 16.5. The minimum Gasteiger partial charge on any atom is -0.381 e. The largest absolute Gasteiger partial charge is 0.381 e. The van der Waals surface area contributed by atoms with E-state index in [0.29, 0.717) is 31.1 Å². The van der Waals surface area contributed by atoms with Crippen LogP contribution in [0.25, 0.3) is 11.4 Å². The van der Waals surface area contributed by atoms with Crippen molar-refractivity contribution in [3.8, 4) is 11.4 Å². The molecule has 7 heteroatoms. The number of hydrogen-bond acceptors (Lipinski definition) is 5. The zero-order valence-corrected chi connectivity index (χ0v) is 14.8. The van der Waals surface area contributed by atoms with Gasteiger partial charge in [0.2, 0.25) is 5.91 Å². The molecule has 1 aliphatic heterocycles. The van der Waals surface area contributed by atoms with E-state index < -0.39 is 6.04 Å². The van der Waals surface area contributed by atoms with Gasteiger partial charge in [0, 0.05) is 36.2 Å². The fourth-order valence-electron chi connectivity index (χ4n) is 3.08. The molecule has 26 heavy (non-hydrogen) atoms. The second-order valence-corrected chi connectivity index (χ2v) is 6.48. The first-order valence-electron chi connectivity index (χ1n) is 8.91. The van der Waals surface area contributed by atoms with E-state index in [9.17, 15) is 9.59 Å². The number of nitrogens with zero attached hydrogens (tertiary/aromatic N) is 1. The Morgan fingerprint density at radius 2 is 2.15 bits per heavy atom. The van der Waals surface area contributed by atoms with Crippen LogP contribution in [-0.4, -0.2) is 35.1 Å². The van der Waals surface area contributed by atoms with Gasteiger partial charge in [-0.15, -0.1) is 0 Å². The van der Waals surface area contributed by atoms with E-state index in [2.05, 4.69) is 15.3 Å². The Morgan fingerprint density at radius 1 is 1.38 bits per heavy atom. The van der Waals surface area contributed by atoms with Crippen molar-refractivity contribution < 1.29 is 9.53 Å². The molecule has 1 atom stereocenters. The summed E-state index contributed by atoms with van der Waals surface area (Å²) in [6.07, 6.45) is 2.26. The van der Waals surface area contributed by atoms with Gasteiger partial charge in [-0.25, -0.2) is 4.98 Å². The van der Waals surface area contributed by atoms with E-state index in [1.54, 1.807) is 12.1 Å². The molecule has 0 spiro atoms.